The van der Waals surface area contributed by atoms with Crippen LogP contribution in [-0.2, 0) is 4.79 Å². The second-order valence-electron chi connectivity index (χ2n) is 6.21. The van der Waals surface area contributed by atoms with Gasteiger partial charge in [-0.05, 0) is 49.4 Å². The van der Waals surface area contributed by atoms with E-state index in [9.17, 15) is 4.79 Å². The van der Waals surface area contributed by atoms with Crippen LogP contribution in [0.5, 0.6) is 0 Å². The van der Waals surface area contributed by atoms with Crippen LogP contribution in [-0.4, -0.2) is 11.8 Å². The minimum atomic E-state index is 0.168. The Hall–Kier alpha value is -1.02. The van der Waals surface area contributed by atoms with Gasteiger partial charge < -0.3 is 5.32 Å². The Bertz CT molecular complexity index is 441. The van der Waals surface area contributed by atoms with Crippen molar-refractivity contribution in [2.24, 2.45) is 11.8 Å². The Morgan fingerprint density at radius 2 is 1.95 bits per heavy atom. The van der Waals surface area contributed by atoms with Gasteiger partial charge in [0.15, 0.2) is 0 Å². The molecule has 3 heteroatoms. The van der Waals surface area contributed by atoms with Gasteiger partial charge in [0.2, 0.25) is 0 Å². The van der Waals surface area contributed by atoms with E-state index in [1.165, 1.54) is 6.42 Å². The molecule has 2 atom stereocenters. The van der Waals surface area contributed by atoms with Crippen LogP contribution in [0.2, 0.25) is 5.02 Å². The molecule has 20 heavy (non-hydrogen) atoms. The molecule has 2 nitrogen and oxygen atoms in total. The van der Waals surface area contributed by atoms with E-state index >= 15 is 0 Å². The highest BCUT2D eigenvalue weighted by molar-refractivity contribution is 6.30. The smallest absolute Gasteiger partial charge is 0.138 e. The van der Waals surface area contributed by atoms with Crippen molar-refractivity contribution < 1.29 is 4.79 Å². The van der Waals surface area contributed by atoms with E-state index in [0.29, 0.717) is 11.7 Å². The summed E-state index contributed by atoms with van der Waals surface area (Å²) in [7, 11) is 0. The SMILES string of the molecule is CC(C)C[C@@H](Nc1ccc(Cl)cc1)[C@H]1CCCCC1=O. The van der Waals surface area contributed by atoms with Crippen LogP contribution >= 0.6 is 11.6 Å². The normalized spacial score (nSPS) is 21.0. The molecule has 1 aromatic carbocycles. The predicted octanol–water partition coefficient (Wildman–Crippen LogP) is 4.93. The first-order valence-electron chi connectivity index (χ1n) is 7.61. The lowest BCUT2D eigenvalue weighted by Crippen LogP contribution is -2.37. The Labute approximate surface area is 126 Å². The lowest BCUT2D eigenvalue weighted by molar-refractivity contribution is -0.125. The molecule has 0 aliphatic heterocycles. The Morgan fingerprint density at radius 1 is 1.25 bits per heavy atom. The summed E-state index contributed by atoms with van der Waals surface area (Å²) in [5.41, 5.74) is 1.05. The highest BCUT2D eigenvalue weighted by Gasteiger charge is 2.30. The Balaban J connectivity index is 2.10. The minimum Gasteiger partial charge on any atom is -0.382 e. The van der Waals surface area contributed by atoms with Crippen LogP contribution in [0, 0.1) is 11.8 Å². The van der Waals surface area contributed by atoms with Gasteiger partial charge in [-0.1, -0.05) is 31.9 Å². The standard InChI is InChI=1S/C17H24ClNO/c1-12(2)11-16(15-5-3-4-6-17(15)20)19-14-9-7-13(18)8-10-14/h7-10,12,15-16,19H,3-6,11H2,1-2H3/t15-,16-/m1/s1. The van der Waals surface area contributed by atoms with Crippen molar-refractivity contribution in [1.29, 1.82) is 0 Å². The molecule has 1 aliphatic rings. The molecular formula is C17H24ClNO. The Morgan fingerprint density at radius 3 is 2.55 bits per heavy atom. The fourth-order valence-corrected chi connectivity index (χ4v) is 3.15. The average Bonchev–Trinajstić information content (AvgIpc) is 2.41. The van der Waals surface area contributed by atoms with E-state index in [4.69, 9.17) is 11.6 Å². The van der Waals surface area contributed by atoms with E-state index in [0.717, 1.165) is 36.4 Å². The molecule has 2 rings (SSSR count). The number of benzene rings is 1. The molecule has 1 aliphatic carbocycles. The zero-order valence-electron chi connectivity index (χ0n) is 12.4. The maximum atomic E-state index is 12.2. The predicted molar refractivity (Wildman–Crippen MR) is 85.3 cm³/mol. The number of carbonyl (C=O) groups is 1. The van der Waals surface area contributed by atoms with Gasteiger partial charge in [0.1, 0.15) is 5.78 Å². The van der Waals surface area contributed by atoms with Crippen LogP contribution in [0.15, 0.2) is 24.3 Å². The van der Waals surface area contributed by atoms with E-state index in [-0.39, 0.29) is 12.0 Å². The summed E-state index contributed by atoms with van der Waals surface area (Å²) in [5.74, 6) is 1.18. The summed E-state index contributed by atoms with van der Waals surface area (Å²) in [6, 6.07) is 7.99. The maximum Gasteiger partial charge on any atom is 0.138 e. The van der Waals surface area contributed by atoms with Gasteiger partial charge in [0.05, 0.1) is 0 Å². The van der Waals surface area contributed by atoms with Gasteiger partial charge in [-0.25, -0.2) is 0 Å². The molecule has 0 radical (unpaired) electrons. The average molecular weight is 294 g/mol. The summed E-state index contributed by atoms with van der Waals surface area (Å²) in [4.78, 5) is 12.2. The van der Waals surface area contributed by atoms with Crippen molar-refractivity contribution in [3.05, 3.63) is 29.3 Å². The highest BCUT2D eigenvalue weighted by Crippen LogP contribution is 2.29. The van der Waals surface area contributed by atoms with Gasteiger partial charge in [0.25, 0.3) is 0 Å². The zero-order chi connectivity index (χ0) is 14.5. The third-order valence-corrected chi connectivity index (χ3v) is 4.26. The molecule has 1 N–H and O–H groups in total. The highest BCUT2D eigenvalue weighted by atomic mass is 35.5. The first-order chi connectivity index (χ1) is 9.56. The number of hydrogen-bond acceptors (Lipinski definition) is 2. The van der Waals surface area contributed by atoms with Gasteiger partial charge in [-0.15, -0.1) is 0 Å². The second kappa shape index (κ2) is 7.12. The van der Waals surface area contributed by atoms with Crippen LogP contribution in [0.4, 0.5) is 5.69 Å². The van der Waals surface area contributed by atoms with Crippen molar-refractivity contribution >= 4 is 23.1 Å². The number of hydrogen-bond donors (Lipinski definition) is 1. The number of anilines is 1. The molecule has 1 saturated carbocycles. The van der Waals surface area contributed by atoms with E-state index < -0.39 is 0 Å². The minimum absolute atomic E-state index is 0.168. The molecule has 1 fully saturated rings. The van der Waals surface area contributed by atoms with Crippen molar-refractivity contribution in [2.45, 2.75) is 52.0 Å². The van der Waals surface area contributed by atoms with Crippen LogP contribution in [0.1, 0.15) is 46.0 Å². The molecule has 0 bridgehead atoms. The second-order valence-corrected chi connectivity index (χ2v) is 6.64. The summed E-state index contributed by atoms with van der Waals surface area (Å²) < 4.78 is 0. The molecule has 0 heterocycles. The molecule has 0 aromatic heterocycles. The quantitative estimate of drug-likeness (QED) is 0.834. The molecule has 1 aromatic rings. The molecule has 0 unspecified atom stereocenters. The molecule has 0 saturated heterocycles. The zero-order valence-corrected chi connectivity index (χ0v) is 13.1. The topological polar surface area (TPSA) is 29.1 Å². The summed E-state index contributed by atoms with van der Waals surface area (Å²) in [6.07, 6.45) is 5.04. The van der Waals surface area contributed by atoms with E-state index in [2.05, 4.69) is 19.2 Å². The van der Waals surface area contributed by atoms with Crippen LogP contribution in [0.3, 0.4) is 0 Å². The largest absolute Gasteiger partial charge is 0.382 e. The third-order valence-electron chi connectivity index (χ3n) is 4.01. The number of carbonyl (C=O) groups excluding carboxylic acids is 1. The Kier molecular flexibility index (Phi) is 5.47. The fourth-order valence-electron chi connectivity index (χ4n) is 3.03. The monoisotopic (exact) mass is 293 g/mol. The number of rotatable bonds is 5. The van der Waals surface area contributed by atoms with E-state index in [1.807, 2.05) is 24.3 Å². The summed E-state index contributed by atoms with van der Waals surface area (Å²) in [5, 5.41) is 4.30. The number of halogens is 1. The van der Waals surface area contributed by atoms with Crippen molar-refractivity contribution in [3.63, 3.8) is 0 Å². The van der Waals surface area contributed by atoms with Gasteiger partial charge >= 0.3 is 0 Å². The summed E-state index contributed by atoms with van der Waals surface area (Å²) >= 11 is 5.92. The van der Waals surface area contributed by atoms with Crippen molar-refractivity contribution in [3.8, 4) is 0 Å². The van der Waals surface area contributed by atoms with Gasteiger partial charge in [0, 0.05) is 29.1 Å². The first kappa shape index (κ1) is 15.4. The van der Waals surface area contributed by atoms with E-state index in [1.54, 1.807) is 0 Å². The molecule has 0 amide bonds. The maximum absolute atomic E-state index is 12.2. The molecular weight excluding hydrogens is 270 g/mol. The van der Waals surface area contributed by atoms with Gasteiger partial charge in [-0.2, -0.15) is 0 Å². The molecule has 110 valence electrons. The van der Waals surface area contributed by atoms with Crippen molar-refractivity contribution in [2.75, 3.05) is 5.32 Å². The number of ketones is 1. The fraction of sp³-hybridized carbons (Fsp3) is 0.588. The number of Topliss-reactive ketones (excluding diaryl/α,β-unsaturated/α-hetero) is 1. The lowest BCUT2D eigenvalue weighted by Gasteiger charge is -2.31. The molecule has 0 spiro atoms. The first-order valence-corrected chi connectivity index (χ1v) is 7.99. The third kappa shape index (κ3) is 4.24. The van der Waals surface area contributed by atoms with Crippen LogP contribution < -0.4 is 5.32 Å². The lowest BCUT2D eigenvalue weighted by atomic mass is 9.80. The van der Waals surface area contributed by atoms with Crippen LogP contribution in [0.25, 0.3) is 0 Å². The van der Waals surface area contributed by atoms with Gasteiger partial charge in [-0.3, -0.25) is 4.79 Å². The number of nitrogens with one attached hydrogen (secondary N) is 1. The van der Waals surface area contributed by atoms with Crippen molar-refractivity contribution in [1.82, 2.24) is 0 Å². The summed E-state index contributed by atoms with van der Waals surface area (Å²) in [6.45, 7) is 4.42.